The van der Waals surface area contributed by atoms with Gasteiger partial charge in [0, 0.05) is 17.9 Å². The van der Waals surface area contributed by atoms with E-state index in [9.17, 15) is 18.0 Å². The zero-order valence-corrected chi connectivity index (χ0v) is 12.7. The first-order chi connectivity index (χ1) is 9.95. The van der Waals surface area contributed by atoms with Gasteiger partial charge in [0.05, 0.1) is 10.9 Å². The van der Waals surface area contributed by atoms with Crippen LogP contribution in [0.15, 0.2) is 23.1 Å². The highest BCUT2D eigenvalue weighted by atomic mass is 32.2. The smallest absolute Gasteiger partial charge is 0.241 e. The summed E-state index contributed by atoms with van der Waals surface area (Å²) in [4.78, 5) is 23.0. The van der Waals surface area contributed by atoms with E-state index in [1.54, 1.807) is 12.1 Å². The number of carbonyl (C=O) groups is 2. The summed E-state index contributed by atoms with van der Waals surface area (Å²) in [7, 11) is -3.72. The van der Waals surface area contributed by atoms with Crippen molar-refractivity contribution in [3.63, 3.8) is 0 Å². The molecule has 1 amide bonds. The molecule has 8 heteroatoms. The molecule has 1 atom stereocenters. The number of thioether (sulfide) groups is 1. The monoisotopic (exact) mass is 326 g/mol. The third kappa shape index (κ3) is 2.97. The molecule has 1 aromatic rings. The van der Waals surface area contributed by atoms with Gasteiger partial charge in [-0.05, 0) is 36.6 Å². The number of hydrogen-bond acceptors (Lipinski definition) is 5. The molecule has 2 aliphatic heterocycles. The number of hydrogen-bond donors (Lipinski definition) is 2. The van der Waals surface area contributed by atoms with E-state index in [-0.39, 0.29) is 15.9 Å². The molecule has 0 aromatic heterocycles. The van der Waals surface area contributed by atoms with Gasteiger partial charge in [0.15, 0.2) is 0 Å². The molecule has 21 heavy (non-hydrogen) atoms. The van der Waals surface area contributed by atoms with Crippen molar-refractivity contribution in [3.05, 3.63) is 23.8 Å². The molecule has 1 fully saturated rings. The van der Waals surface area contributed by atoms with Gasteiger partial charge in [-0.2, -0.15) is 4.72 Å². The number of anilines is 1. The Morgan fingerprint density at radius 3 is 2.76 bits per heavy atom. The van der Waals surface area contributed by atoms with Crippen LogP contribution in [-0.2, 0) is 26.0 Å². The van der Waals surface area contributed by atoms with E-state index in [4.69, 9.17) is 0 Å². The molecule has 2 aliphatic rings. The van der Waals surface area contributed by atoms with E-state index < -0.39 is 16.1 Å². The topological polar surface area (TPSA) is 92.3 Å². The van der Waals surface area contributed by atoms with Crippen LogP contribution in [0, 0.1) is 0 Å². The van der Waals surface area contributed by atoms with E-state index in [1.807, 2.05) is 0 Å². The highest BCUT2D eigenvalue weighted by Gasteiger charge is 2.30. The lowest BCUT2D eigenvalue weighted by atomic mass is 10.0. The van der Waals surface area contributed by atoms with Gasteiger partial charge in [0.1, 0.15) is 0 Å². The standard InChI is InChI=1S/C13H14N2O4S2/c16-12-4-1-8-7-9(2-3-10(8)14-12)21(18,19)15-11-5-6-20-13(11)17/h2-3,7,11,15H,1,4-6H2,(H,14,16)/t11-/m0/s1. The van der Waals surface area contributed by atoms with Gasteiger partial charge < -0.3 is 5.32 Å². The number of amides is 1. The molecule has 0 aliphatic carbocycles. The van der Waals surface area contributed by atoms with Crippen LogP contribution in [0.25, 0.3) is 0 Å². The number of carbonyl (C=O) groups excluding carboxylic acids is 2. The predicted octanol–water partition coefficient (Wildman–Crippen LogP) is 0.882. The van der Waals surface area contributed by atoms with Crippen LogP contribution >= 0.6 is 11.8 Å². The van der Waals surface area contributed by atoms with E-state index >= 15 is 0 Å². The second-order valence-electron chi connectivity index (χ2n) is 5.00. The Bertz CT molecular complexity index is 715. The zero-order valence-electron chi connectivity index (χ0n) is 11.1. The fourth-order valence-electron chi connectivity index (χ4n) is 2.39. The Hall–Kier alpha value is -1.38. The maximum atomic E-state index is 12.3. The van der Waals surface area contributed by atoms with Gasteiger partial charge >= 0.3 is 0 Å². The Kier molecular flexibility index (Phi) is 3.76. The molecular weight excluding hydrogens is 312 g/mol. The lowest BCUT2D eigenvalue weighted by molar-refractivity contribution is -0.116. The molecule has 0 bridgehead atoms. The third-order valence-electron chi connectivity index (χ3n) is 3.52. The fraction of sp³-hybridized carbons (Fsp3) is 0.385. The van der Waals surface area contributed by atoms with Gasteiger partial charge in [-0.3, -0.25) is 9.59 Å². The van der Waals surface area contributed by atoms with Crippen molar-refractivity contribution in [2.24, 2.45) is 0 Å². The highest BCUT2D eigenvalue weighted by Crippen LogP contribution is 2.26. The summed E-state index contributed by atoms with van der Waals surface area (Å²) in [5, 5.41) is 2.57. The Balaban J connectivity index is 1.86. The molecule has 0 saturated carbocycles. The first kappa shape index (κ1) is 14.6. The van der Waals surface area contributed by atoms with Crippen LogP contribution < -0.4 is 10.0 Å². The Labute approximate surface area is 126 Å². The summed E-state index contributed by atoms with van der Waals surface area (Å²) in [5.41, 5.74) is 1.45. The molecule has 2 N–H and O–H groups in total. The number of sulfonamides is 1. The molecule has 0 spiro atoms. The first-order valence-electron chi connectivity index (χ1n) is 6.57. The summed E-state index contributed by atoms with van der Waals surface area (Å²) in [5.74, 6) is 0.576. The molecule has 0 unspecified atom stereocenters. The molecule has 112 valence electrons. The molecule has 1 saturated heterocycles. The first-order valence-corrected chi connectivity index (χ1v) is 9.04. The van der Waals surface area contributed by atoms with Crippen LogP contribution in [0.2, 0.25) is 0 Å². The Morgan fingerprint density at radius 1 is 1.24 bits per heavy atom. The van der Waals surface area contributed by atoms with Crippen LogP contribution in [0.1, 0.15) is 18.4 Å². The fourth-order valence-corrected chi connectivity index (χ4v) is 4.67. The summed E-state index contributed by atoms with van der Waals surface area (Å²) in [6, 6.07) is 3.95. The van der Waals surface area contributed by atoms with Crippen molar-refractivity contribution in [1.29, 1.82) is 0 Å². The van der Waals surface area contributed by atoms with Crippen LogP contribution in [-0.4, -0.2) is 31.2 Å². The zero-order chi connectivity index (χ0) is 15.0. The number of aryl methyl sites for hydroxylation is 1. The van der Waals surface area contributed by atoms with Crippen molar-refractivity contribution in [2.75, 3.05) is 11.1 Å². The SMILES string of the molecule is O=C1CCc2cc(S(=O)(=O)N[C@H]3CCSC3=O)ccc2N1. The highest BCUT2D eigenvalue weighted by molar-refractivity contribution is 8.14. The summed E-state index contributed by atoms with van der Waals surface area (Å²) >= 11 is 1.15. The molecule has 6 nitrogen and oxygen atoms in total. The minimum atomic E-state index is -3.72. The number of nitrogens with one attached hydrogen (secondary N) is 2. The van der Waals surface area contributed by atoms with Crippen molar-refractivity contribution in [1.82, 2.24) is 4.72 Å². The average Bonchev–Trinajstić information content (AvgIpc) is 2.83. The normalized spacial score (nSPS) is 22.0. The number of rotatable bonds is 3. The largest absolute Gasteiger partial charge is 0.326 e. The van der Waals surface area contributed by atoms with E-state index in [2.05, 4.69) is 10.0 Å². The van der Waals surface area contributed by atoms with Crippen LogP contribution in [0.5, 0.6) is 0 Å². The predicted molar refractivity (Wildman–Crippen MR) is 79.6 cm³/mol. The van der Waals surface area contributed by atoms with Crippen molar-refractivity contribution in [3.8, 4) is 0 Å². The summed E-state index contributed by atoms with van der Waals surface area (Å²) in [6.45, 7) is 0. The van der Waals surface area contributed by atoms with Crippen molar-refractivity contribution >= 4 is 38.5 Å². The summed E-state index contributed by atoms with van der Waals surface area (Å²) < 4.78 is 27.1. The molecule has 2 heterocycles. The number of benzene rings is 1. The second kappa shape index (κ2) is 5.43. The van der Waals surface area contributed by atoms with Crippen molar-refractivity contribution in [2.45, 2.75) is 30.2 Å². The molecular formula is C13H14N2O4S2. The van der Waals surface area contributed by atoms with Gasteiger partial charge in [-0.15, -0.1) is 0 Å². The minimum absolute atomic E-state index is 0.0650. The van der Waals surface area contributed by atoms with Gasteiger partial charge in [0.2, 0.25) is 21.0 Å². The summed E-state index contributed by atoms with van der Waals surface area (Å²) in [6.07, 6.45) is 1.38. The van der Waals surface area contributed by atoms with Crippen molar-refractivity contribution < 1.29 is 18.0 Å². The van der Waals surface area contributed by atoms with E-state index in [1.165, 1.54) is 6.07 Å². The van der Waals surface area contributed by atoms with Gasteiger partial charge in [0.25, 0.3) is 0 Å². The van der Waals surface area contributed by atoms with Crippen LogP contribution in [0.4, 0.5) is 5.69 Å². The molecule has 0 radical (unpaired) electrons. The maximum absolute atomic E-state index is 12.3. The van der Waals surface area contributed by atoms with Gasteiger partial charge in [-0.1, -0.05) is 11.8 Å². The van der Waals surface area contributed by atoms with Crippen LogP contribution in [0.3, 0.4) is 0 Å². The quantitative estimate of drug-likeness (QED) is 0.860. The molecule has 3 rings (SSSR count). The van der Waals surface area contributed by atoms with E-state index in [0.29, 0.717) is 30.7 Å². The number of fused-ring (bicyclic) bond motifs is 1. The Morgan fingerprint density at radius 2 is 2.05 bits per heavy atom. The second-order valence-corrected chi connectivity index (χ2v) is 7.81. The van der Waals surface area contributed by atoms with E-state index in [0.717, 1.165) is 17.3 Å². The minimum Gasteiger partial charge on any atom is -0.326 e. The lowest BCUT2D eigenvalue weighted by Gasteiger charge is -2.18. The third-order valence-corrected chi connectivity index (χ3v) is 5.99. The maximum Gasteiger partial charge on any atom is 0.241 e. The lowest BCUT2D eigenvalue weighted by Crippen LogP contribution is -2.37. The average molecular weight is 326 g/mol. The molecule has 1 aromatic carbocycles. The van der Waals surface area contributed by atoms with Gasteiger partial charge in [-0.25, -0.2) is 8.42 Å².